The van der Waals surface area contributed by atoms with Crippen LogP contribution in [-0.4, -0.2) is 43.9 Å². The number of carbonyl (C=O) groups is 1. The summed E-state index contributed by atoms with van der Waals surface area (Å²) in [6.07, 6.45) is 7.40. The first kappa shape index (κ1) is 20.2. The van der Waals surface area contributed by atoms with Crippen molar-refractivity contribution in [3.05, 3.63) is 84.8 Å². The van der Waals surface area contributed by atoms with Gasteiger partial charge in [0, 0.05) is 37.4 Å². The number of aromatic nitrogens is 4. The highest BCUT2D eigenvalue weighted by molar-refractivity contribution is 5.93. The molecule has 1 saturated heterocycles. The van der Waals surface area contributed by atoms with E-state index < -0.39 is 0 Å². The van der Waals surface area contributed by atoms with Crippen LogP contribution in [0.25, 0.3) is 16.9 Å². The van der Waals surface area contributed by atoms with Crippen molar-refractivity contribution in [2.24, 2.45) is 5.92 Å². The largest absolute Gasteiger partial charge is 0.326 e. The molecular weight excluding hydrogens is 400 g/mol. The number of nitrogens with one attached hydrogen (secondary N) is 2. The zero-order chi connectivity index (χ0) is 21.8. The second kappa shape index (κ2) is 9.20. The van der Waals surface area contributed by atoms with Crippen molar-refractivity contribution in [2.45, 2.75) is 19.4 Å². The average molecular weight is 427 g/mol. The van der Waals surface area contributed by atoms with Crippen molar-refractivity contribution in [3.63, 3.8) is 0 Å². The Balaban J connectivity index is 1.19. The highest BCUT2D eigenvalue weighted by Gasteiger charge is 2.26. The molecule has 2 aromatic heterocycles. The Hall–Kier alpha value is -3.71. The van der Waals surface area contributed by atoms with Crippen molar-refractivity contribution in [1.29, 1.82) is 0 Å². The third kappa shape index (κ3) is 4.63. The maximum absolute atomic E-state index is 12.9. The van der Waals surface area contributed by atoms with Gasteiger partial charge in [-0.1, -0.05) is 24.3 Å². The second-order valence-electron chi connectivity index (χ2n) is 8.23. The van der Waals surface area contributed by atoms with Crippen molar-refractivity contribution in [3.8, 4) is 16.9 Å². The van der Waals surface area contributed by atoms with Gasteiger partial charge < -0.3 is 5.32 Å². The SMILES string of the molecule is O=C(Nc1ccc(-c2ccn[nH]2)cc1)[C@@H]1CCCN(Cc2cccc(-n3cccn3)c2)C1. The van der Waals surface area contributed by atoms with Gasteiger partial charge in [-0.3, -0.25) is 14.8 Å². The van der Waals surface area contributed by atoms with E-state index in [9.17, 15) is 4.79 Å². The van der Waals surface area contributed by atoms with Gasteiger partial charge in [-0.25, -0.2) is 4.68 Å². The molecule has 7 heteroatoms. The molecule has 4 aromatic rings. The standard InChI is InChI=1S/C25H26N6O/c32-25(28-22-9-7-20(8-10-22)24-11-13-26-29-24)21-5-2-14-30(18-21)17-19-4-1-6-23(16-19)31-15-3-12-27-31/h1,3-4,6-13,15-16,21H,2,5,14,17-18H2,(H,26,29)(H,28,32)/t21-/m1/s1. The summed E-state index contributed by atoms with van der Waals surface area (Å²) in [6.45, 7) is 2.61. The number of anilines is 1. The number of rotatable bonds is 6. The Kier molecular flexibility index (Phi) is 5.81. The van der Waals surface area contributed by atoms with Gasteiger partial charge >= 0.3 is 0 Å². The van der Waals surface area contributed by atoms with Crippen LogP contribution in [0.15, 0.2) is 79.3 Å². The van der Waals surface area contributed by atoms with Crippen molar-refractivity contribution >= 4 is 11.6 Å². The fourth-order valence-electron chi connectivity index (χ4n) is 4.28. The fourth-order valence-corrected chi connectivity index (χ4v) is 4.28. The van der Waals surface area contributed by atoms with Gasteiger partial charge in [0.2, 0.25) is 5.91 Å². The molecule has 1 atom stereocenters. The van der Waals surface area contributed by atoms with Gasteiger partial charge in [0.25, 0.3) is 0 Å². The van der Waals surface area contributed by atoms with E-state index in [-0.39, 0.29) is 11.8 Å². The zero-order valence-electron chi connectivity index (χ0n) is 17.8. The van der Waals surface area contributed by atoms with Crippen molar-refractivity contribution in [1.82, 2.24) is 24.9 Å². The van der Waals surface area contributed by atoms with E-state index in [1.54, 1.807) is 12.4 Å². The molecule has 32 heavy (non-hydrogen) atoms. The molecule has 1 fully saturated rings. The minimum Gasteiger partial charge on any atom is -0.326 e. The third-order valence-corrected chi connectivity index (χ3v) is 5.93. The first-order valence-corrected chi connectivity index (χ1v) is 11.0. The lowest BCUT2D eigenvalue weighted by Gasteiger charge is -2.32. The summed E-state index contributed by atoms with van der Waals surface area (Å²) >= 11 is 0. The number of benzene rings is 2. The summed E-state index contributed by atoms with van der Waals surface area (Å²) in [7, 11) is 0. The summed E-state index contributed by atoms with van der Waals surface area (Å²) in [5, 5.41) is 14.3. The van der Waals surface area contributed by atoms with Gasteiger partial charge in [0.05, 0.1) is 17.3 Å². The molecule has 0 unspecified atom stereocenters. The minimum absolute atomic E-state index is 0.00895. The number of H-pyrrole nitrogens is 1. The van der Waals surface area contributed by atoms with Gasteiger partial charge in [-0.15, -0.1) is 0 Å². The smallest absolute Gasteiger partial charge is 0.228 e. The highest BCUT2D eigenvalue weighted by Crippen LogP contribution is 2.23. The summed E-state index contributed by atoms with van der Waals surface area (Å²) in [5.74, 6) is 0.0830. The van der Waals surface area contributed by atoms with Crippen LogP contribution >= 0.6 is 0 Å². The van der Waals surface area contributed by atoms with Crippen LogP contribution in [0, 0.1) is 5.92 Å². The summed E-state index contributed by atoms with van der Waals surface area (Å²) in [4.78, 5) is 15.3. The molecule has 2 aromatic carbocycles. The number of aromatic amines is 1. The lowest BCUT2D eigenvalue weighted by Crippen LogP contribution is -2.40. The quantitative estimate of drug-likeness (QED) is 0.486. The Bertz CT molecular complexity index is 1150. The Morgan fingerprint density at radius 3 is 2.78 bits per heavy atom. The number of amides is 1. The molecule has 0 aliphatic carbocycles. The number of likely N-dealkylation sites (tertiary alicyclic amines) is 1. The van der Waals surface area contributed by atoms with Gasteiger partial charge in [-0.2, -0.15) is 10.2 Å². The Morgan fingerprint density at radius 1 is 1.09 bits per heavy atom. The Morgan fingerprint density at radius 2 is 2.00 bits per heavy atom. The number of hydrogen-bond acceptors (Lipinski definition) is 4. The lowest BCUT2D eigenvalue weighted by atomic mass is 9.96. The first-order chi connectivity index (χ1) is 15.7. The van der Waals surface area contributed by atoms with E-state index in [0.717, 1.165) is 55.1 Å². The number of piperidine rings is 1. The van der Waals surface area contributed by atoms with Crippen LogP contribution in [0.3, 0.4) is 0 Å². The van der Waals surface area contributed by atoms with Crippen molar-refractivity contribution in [2.75, 3.05) is 18.4 Å². The molecule has 1 aliphatic heterocycles. The summed E-state index contributed by atoms with van der Waals surface area (Å²) in [6, 6.07) is 20.1. The molecule has 0 spiro atoms. The number of hydrogen-bond donors (Lipinski definition) is 2. The van der Waals surface area contributed by atoms with Crippen LogP contribution < -0.4 is 5.32 Å². The molecule has 1 aliphatic rings. The molecule has 162 valence electrons. The average Bonchev–Trinajstić information content (AvgIpc) is 3.55. The van der Waals surface area contributed by atoms with Gasteiger partial charge in [-0.05, 0) is 66.9 Å². The molecule has 5 rings (SSSR count). The molecule has 2 N–H and O–H groups in total. The second-order valence-corrected chi connectivity index (χ2v) is 8.23. The number of nitrogens with zero attached hydrogens (tertiary/aromatic N) is 4. The summed E-state index contributed by atoms with van der Waals surface area (Å²) < 4.78 is 1.87. The van der Waals surface area contributed by atoms with Crippen LogP contribution in [-0.2, 0) is 11.3 Å². The van der Waals surface area contributed by atoms with E-state index in [2.05, 4.69) is 49.8 Å². The monoisotopic (exact) mass is 426 g/mol. The van der Waals surface area contributed by atoms with Crippen LogP contribution in [0.2, 0.25) is 0 Å². The third-order valence-electron chi connectivity index (χ3n) is 5.93. The van der Waals surface area contributed by atoms with Gasteiger partial charge in [0.1, 0.15) is 0 Å². The molecular formula is C25H26N6O. The minimum atomic E-state index is -0.00895. The van der Waals surface area contributed by atoms with Crippen LogP contribution in [0.5, 0.6) is 0 Å². The molecule has 1 amide bonds. The normalized spacial score (nSPS) is 16.7. The van der Waals surface area contributed by atoms with E-state index in [0.29, 0.717) is 0 Å². The number of carbonyl (C=O) groups excluding carboxylic acids is 1. The maximum Gasteiger partial charge on any atom is 0.228 e. The molecule has 0 saturated carbocycles. The molecule has 3 heterocycles. The fraction of sp³-hybridized carbons (Fsp3) is 0.240. The van der Waals surface area contributed by atoms with Gasteiger partial charge in [0.15, 0.2) is 0 Å². The van der Waals surface area contributed by atoms with Crippen molar-refractivity contribution < 1.29 is 4.79 Å². The predicted octanol–water partition coefficient (Wildman–Crippen LogP) is 4.11. The van der Waals surface area contributed by atoms with E-state index in [1.807, 2.05) is 47.3 Å². The van der Waals surface area contributed by atoms with E-state index in [4.69, 9.17) is 0 Å². The topological polar surface area (TPSA) is 78.8 Å². The lowest BCUT2D eigenvalue weighted by molar-refractivity contribution is -0.121. The van der Waals surface area contributed by atoms with E-state index in [1.165, 1.54) is 5.56 Å². The van der Waals surface area contributed by atoms with Crippen LogP contribution in [0.1, 0.15) is 18.4 Å². The van der Waals surface area contributed by atoms with E-state index >= 15 is 0 Å². The van der Waals surface area contributed by atoms with Crippen LogP contribution in [0.4, 0.5) is 5.69 Å². The molecule has 0 bridgehead atoms. The first-order valence-electron chi connectivity index (χ1n) is 11.0. The molecule has 0 radical (unpaired) electrons. The molecule has 7 nitrogen and oxygen atoms in total. The Labute approximate surface area is 187 Å². The highest BCUT2D eigenvalue weighted by atomic mass is 16.1. The zero-order valence-corrected chi connectivity index (χ0v) is 17.8. The summed E-state index contributed by atoms with van der Waals surface area (Å²) in [5.41, 5.74) is 5.11. The predicted molar refractivity (Wildman–Crippen MR) is 124 cm³/mol. The maximum atomic E-state index is 12.9.